The third kappa shape index (κ3) is 4.05. The molecule has 2 saturated heterocycles. The molecule has 0 saturated carbocycles. The summed E-state index contributed by atoms with van der Waals surface area (Å²) in [6, 6.07) is 4.79. The van der Waals surface area contributed by atoms with Gasteiger partial charge in [-0.25, -0.2) is 0 Å². The van der Waals surface area contributed by atoms with Crippen molar-refractivity contribution in [2.24, 2.45) is 5.92 Å². The van der Waals surface area contributed by atoms with Gasteiger partial charge < -0.3 is 14.2 Å². The predicted molar refractivity (Wildman–Crippen MR) is 102 cm³/mol. The third-order valence-electron chi connectivity index (χ3n) is 5.92. The Labute approximate surface area is 168 Å². The normalized spacial score (nSPS) is 24.5. The van der Waals surface area contributed by atoms with E-state index in [1.807, 2.05) is 27.7 Å². The minimum Gasteiger partial charge on any atom is -0.399 e. The Kier molecular flexibility index (Phi) is 5.53. The van der Waals surface area contributed by atoms with Gasteiger partial charge in [0.25, 0.3) is 5.91 Å². The van der Waals surface area contributed by atoms with Crippen LogP contribution in [0, 0.1) is 5.92 Å². The number of alkyl halides is 3. The van der Waals surface area contributed by atoms with Crippen LogP contribution < -0.4 is 5.46 Å². The van der Waals surface area contributed by atoms with E-state index in [-0.39, 0.29) is 23.6 Å². The molecule has 2 aliphatic rings. The number of halogens is 4. The molecule has 1 unspecified atom stereocenters. The first-order chi connectivity index (χ1) is 12.8. The zero-order chi connectivity index (χ0) is 20.9. The predicted octanol–water partition coefficient (Wildman–Crippen LogP) is 4.05. The lowest BCUT2D eigenvalue weighted by atomic mass is 9.79. The van der Waals surface area contributed by atoms with Crippen LogP contribution in [0.1, 0.15) is 50.9 Å². The number of hydrogen-bond acceptors (Lipinski definition) is 3. The van der Waals surface area contributed by atoms with Gasteiger partial charge in [-0.15, -0.1) is 0 Å². The van der Waals surface area contributed by atoms with Crippen LogP contribution >= 0.6 is 11.6 Å². The van der Waals surface area contributed by atoms with Crippen molar-refractivity contribution in [1.29, 1.82) is 0 Å². The Hall–Kier alpha value is -1.25. The fraction of sp³-hybridized carbons (Fsp3) is 0.632. The summed E-state index contributed by atoms with van der Waals surface area (Å²) in [6.07, 6.45) is -3.94. The first-order valence-electron chi connectivity index (χ1n) is 9.33. The second-order valence-electron chi connectivity index (χ2n) is 8.46. The van der Waals surface area contributed by atoms with Crippen molar-refractivity contribution in [1.82, 2.24) is 4.90 Å². The van der Waals surface area contributed by atoms with E-state index in [0.29, 0.717) is 18.4 Å². The van der Waals surface area contributed by atoms with Gasteiger partial charge in [-0.2, -0.15) is 13.2 Å². The van der Waals surface area contributed by atoms with Crippen molar-refractivity contribution in [3.05, 3.63) is 28.8 Å². The molecular formula is C19H24BClF3NO3. The van der Waals surface area contributed by atoms with Crippen LogP contribution in [0.3, 0.4) is 0 Å². The summed E-state index contributed by atoms with van der Waals surface area (Å²) in [5.41, 5.74) is -0.185. The van der Waals surface area contributed by atoms with Crippen LogP contribution in [0.25, 0.3) is 0 Å². The van der Waals surface area contributed by atoms with E-state index < -0.39 is 36.3 Å². The molecule has 1 atom stereocenters. The highest BCUT2D eigenvalue weighted by Gasteiger charge is 2.51. The Morgan fingerprint density at radius 3 is 2.36 bits per heavy atom. The van der Waals surface area contributed by atoms with Gasteiger partial charge >= 0.3 is 13.3 Å². The average Bonchev–Trinajstić information content (AvgIpc) is 2.81. The van der Waals surface area contributed by atoms with E-state index in [0.717, 1.165) is 0 Å². The maximum Gasteiger partial charge on any atom is 0.494 e. The number of carbonyl (C=O) groups is 1. The third-order valence-corrected chi connectivity index (χ3v) is 6.23. The van der Waals surface area contributed by atoms with Crippen LogP contribution in [0.2, 0.25) is 5.02 Å². The largest absolute Gasteiger partial charge is 0.494 e. The minimum absolute atomic E-state index is 0.0435. The van der Waals surface area contributed by atoms with E-state index in [2.05, 4.69) is 0 Å². The zero-order valence-electron chi connectivity index (χ0n) is 16.4. The number of hydrogen-bond donors (Lipinski definition) is 0. The van der Waals surface area contributed by atoms with Gasteiger partial charge in [-0.1, -0.05) is 17.7 Å². The summed E-state index contributed by atoms with van der Waals surface area (Å²) < 4.78 is 51.0. The molecule has 0 N–H and O–H groups in total. The molecule has 28 heavy (non-hydrogen) atoms. The molecule has 2 aliphatic heterocycles. The molecule has 1 aromatic carbocycles. The number of benzene rings is 1. The summed E-state index contributed by atoms with van der Waals surface area (Å²) >= 11 is 6.31. The lowest BCUT2D eigenvalue weighted by Gasteiger charge is -2.34. The van der Waals surface area contributed by atoms with Crippen molar-refractivity contribution < 1.29 is 27.3 Å². The van der Waals surface area contributed by atoms with E-state index in [1.165, 1.54) is 11.0 Å². The molecule has 4 nitrogen and oxygen atoms in total. The Morgan fingerprint density at radius 2 is 1.82 bits per heavy atom. The van der Waals surface area contributed by atoms with Gasteiger partial charge in [-0.05, 0) is 58.1 Å². The lowest BCUT2D eigenvalue weighted by Crippen LogP contribution is -2.44. The molecule has 154 valence electrons. The summed E-state index contributed by atoms with van der Waals surface area (Å²) in [5.74, 6) is -1.98. The number of amides is 1. The number of piperidine rings is 1. The maximum absolute atomic E-state index is 13.0. The van der Waals surface area contributed by atoms with Gasteiger partial charge in [-0.3, -0.25) is 4.79 Å². The number of rotatable bonds is 2. The first-order valence-corrected chi connectivity index (χ1v) is 9.71. The molecule has 9 heteroatoms. The van der Waals surface area contributed by atoms with Crippen LogP contribution in [-0.4, -0.2) is 48.4 Å². The van der Waals surface area contributed by atoms with E-state index >= 15 is 0 Å². The molecule has 3 rings (SSSR count). The molecule has 0 spiro atoms. The van der Waals surface area contributed by atoms with Crippen LogP contribution in [-0.2, 0) is 9.31 Å². The van der Waals surface area contributed by atoms with Gasteiger partial charge in [0.05, 0.1) is 27.7 Å². The fourth-order valence-electron chi connectivity index (χ4n) is 3.43. The quantitative estimate of drug-likeness (QED) is 0.681. The molecule has 0 bridgehead atoms. The van der Waals surface area contributed by atoms with Crippen molar-refractivity contribution in [3.63, 3.8) is 0 Å². The van der Waals surface area contributed by atoms with Crippen LogP contribution in [0.15, 0.2) is 18.2 Å². The second-order valence-corrected chi connectivity index (χ2v) is 8.87. The highest BCUT2D eigenvalue weighted by atomic mass is 35.5. The van der Waals surface area contributed by atoms with Gasteiger partial charge in [0.15, 0.2) is 0 Å². The summed E-state index contributed by atoms with van der Waals surface area (Å²) in [7, 11) is -0.628. The molecule has 0 aromatic heterocycles. The summed E-state index contributed by atoms with van der Waals surface area (Å²) in [4.78, 5) is 14.0. The average molecular weight is 418 g/mol. The molecule has 2 heterocycles. The molecule has 0 aliphatic carbocycles. The summed E-state index contributed by atoms with van der Waals surface area (Å²) in [6.45, 7) is 7.68. The lowest BCUT2D eigenvalue weighted by molar-refractivity contribution is -0.184. The molecule has 1 aromatic rings. The van der Waals surface area contributed by atoms with E-state index in [9.17, 15) is 18.0 Å². The number of carbonyl (C=O) groups excluding carboxylic acids is 1. The van der Waals surface area contributed by atoms with Gasteiger partial charge in [0.2, 0.25) is 0 Å². The first kappa shape index (κ1) is 21.5. The van der Waals surface area contributed by atoms with E-state index in [4.69, 9.17) is 20.9 Å². The standard InChI is InChI=1S/C19H24BClF3NO3/c1-17(2)18(3,4)28-20(27-17)13-7-8-14(15(21)10-13)16(26)25-9-5-6-12(11-25)19(22,23)24/h7-8,10,12H,5-6,9,11H2,1-4H3. The Bertz CT molecular complexity index is 753. The molecule has 1 amide bonds. The SMILES string of the molecule is CC1(C)OB(c2ccc(C(=O)N3CCCC(C(F)(F)F)C3)c(Cl)c2)OC1(C)C. The summed E-state index contributed by atoms with van der Waals surface area (Å²) in [5, 5.41) is 0.173. The van der Waals surface area contributed by atoms with E-state index in [1.54, 1.807) is 12.1 Å². The fourth-order valence-corrected chi connectivity index (χ4v) is 3.70. The van der Waals surface area contributed by atoms with Crippen molar-refractivity contribution >= 4 is 30.1 Å². The Morgan fingerprint density at radius 1 is 1.21 bits per heavy atom. The highest BCUT2D eigenvalue weighted by molar-refractivity contribution is 6.62. The van der Waals surface area contributed by atoms with Gasteiger partial charge in [0.1, 0.15) is 0 Å². The monoisotopic (exact) mass is 417 g/mol. The molecule has 0 radical (unpaired) electrons. The van der Waals surface area contributed by atoms with Gasteiger partial charge in [0, 0.05) is 13.1 Å². The maximum atomic E-state index is 13.0. The zero-order valence-corrected chi connectivity index (χ0v) is 17.2. The van der Waals surface area contributed by atoms with Crippen LogP contribution in [0.5, 0.6) is 0 Å². The van der Waals surface area contributed by atoms with Crippen molar-refractivity contribution in [3.8, 4) is 0 Å². The van der Waals surface area contributed by atoms with Crippen LogP contribution in [0.4, 0.5) is 13.2 Å². The second kappa shape index (κ2) is 7.22. The van der Waals surface area contributed by atoms with Crippen molar-refractivity contribution in [2.75, 3.05) is 13.1 Å². The molecule has 2 fully saturated rings. The van der Waals surface area contributed by atoms with Crippen molar-refractivity contribution in [2.45, 2.75) is 57.9 Å². The topological polar surface area (TPSA) is 38.8 Å². The minimum atomic E-state index is -4.30. The number of likely N-dealkylation sites (tertiary alicyclic amines) is 1. The number of nitrogens with zero attached hydrogens (tertiary/aromatic N) is 1. The Balaban J connectivity index is 1.77. The highest BCUT2D eigenvalue weighted by Crippen LogP contribution is 2.37. The molecular weight excluding hydrogens is 393 g/mol. The smallest absolute Gasteiger partial charge is 0.399 e.